The second-order valence-electron chi connectivity index (χ2n) is 5.42. The smallest absolute Gasteiger partial charge is 0.122 e. The molecule has 0 aromatic heterocycles. The van der Waals surface area contributed by atoms with Crippen LogP contribution in [0, 0.1) is 0 Å². The summed E-state index contributed by atoms with van der Waals surface area (Å²) in [4.78, 5) is 0. The van der Waals surface area contributed by atoms with Crippen LogP contribution in [0.5, 0.6) is 11.5 Å². The maximum atomic E-state index is 5.91. The number of hydrogen-bond acceptors (Lipinski definition) is 3. The average Bonchev–Trinajstić information content (AvgIpc) is 2.43. The van der Waals surface area contributed by atoms with Crippen molar-refractivity contribution < 1.29 is 9.47 Å². The van der Waals surface area contributed by atoms with Gasteiger partial charge in [-0.05, 0) is 43.5 Å². The molecule has 0 saturated carbocycles. The van der Waals surface area contributed by atoms with Crippen molar-refractivity contribution in [1.29, 1.82) is 0 Å². The average molecular weight is 279 g/mol. The van der Waals surface area contributed by atoms with Gasteiger partial charge in [-0.3, -0.25) is 0 Å². The van der Waals surface area contributed by atoms with Crippen molar-refractivity contribution in [3.63, 3.8) is 0 Å². The second kappa shape index (κ2) is 9.65. The molecular weight excluding hydrogens is 250 g/mol. The van der Waals surface area contributed by atoms with E-state index in [0.29, 0.717) is 0 Å². The van der Waals surface area contributed by atoms with Crippen LogP contribution >= 0.6 is 0 Å². The predicted molar refractivity (Wildman–Crippen MR) is 84.6 cm³/mol. The summed E-state index contributed by atoms with van der Waals surface area (Å²) in [7, 11) is 1.68. The monoisotopic (exact) mass is 279 g/mol. The van der Waals surface area contributed by atoms with E-state index in [-0.39, 0.29) is 6.04 Å². The summed E-state index contributed by atoms with van der Waals surface area (Å²) in [6.07, 6.45) is 7.06. The lowest BCUT2D eigenvalue weighted by molar-refractivity contribution is 0.300. The third-order valence-electron chi connectivity index (χ3n) is 3.31. The molecule has 0 fully saturated rings. The van der Waals surface area contributed by atoms with E-state index >= 15 is 0 Å². The van der Waals surface area contributed by atoms with Gasteiger partial charge < -0.3 is 15.2 Å². The lowest BCUT2D eigenvalue weighted by Crippen LogP contribution is -2.18. The van der Waals surface area contributed by atoms with Crippen molar-refractivity contribution >= 4 is 0 Å². The zero-order valence-electron chi connectivity index (χ0n) is 13.2. The molecule has 1 aromatic carbocycles. The zero-order chi connectivity index (χ0) is 14.8. The molecule has 0 saturated heterocycles. The van der Waals surface area contributed by atoms with E-state index < -0.39 is 0 Å². The summed E-state index contributed by atoms with van der Waals surface area (Å²) in [6.45, 7) is 5.02. The van der Waals surface area contributed by atoms with Crippen LogP contribution in [0.15, 0.2) is 18.2 Å². The predicted octanol–water partition coefficient (Wildman–Crippen LogP) is 3.93. The summed E-state index contributed by atoms with van der Waals surface area (Å²) < 4.78 is 11.2. The molecule has 0 bridgehead atoms. The van der Waals surface area contributed by atoms with Crippen LogP contribution in [-0.4, -0.2) is 19.8 Å². The first kappa shape index (κ1) is 16.8. The first-order valence-corrected chi connectivity index (χ1v) is 7.72. The van der Waals surface area contributed by atoms with Crippen LogP contribution < -0.4 is 15.2 Å². The highest BCUT2D eigenvalue weighted by molar-refractivity contribution is 5.40. The number of ether oxygens (including phenoxy) is 2. The van der Waals surface area contributed by atoms with Gasteiger partial charge in [0.25, 0.3) is 0 Å². The molecule has 3 nitrogen and oxygen atoms in total. The van der Waals surface area contributed by atoms with Crippen LogP contribution in [0.3, 0.4) is 0 Å². The number of benzene rings is 1. The fourth-order valence-electron chi connectivity index (χ4n) is 2.22. The standard InChI is InChI=1S/C17H29NO2/c1-4-5-6-7-8-11-20-17-10-9-16(19-3)13-15(17)12-14(2)18/h9-10,13-14H,4-8,11-12,18H2,1-3H3. The van der Waals surface area contributed by atoms with Crippen LogP contribution in [0.1, 0.15) is 51.5 Å². The van der Waals surface area contributed by atoms with Crippen LogP contribution in [-0.2, 0) is 6.42 Å². The van der Waals surface area contributed by atoms with E-state index in [1.54, 1.807) is 7.11 Å². The molecule has 0 heterocycles. The van der Waals surface area contributed by atoms with Gasteiger partial charge in [-0.25, -0.2) is 0 Å². The summed E-state index contributed by atoms with van der Waals surface area (Å²) in [6, 6.07) is 6.07. The van der Waals surface area contributed by atoms with Gasteiger partial charge in [0, 0.05) is 6.04 Å². The Kier molecular flexibility index (Phi) is 8.12. The Morgan fingerprint density at radius 3 is 2.55 bits per heavy atom. The minimum atomic E-state index is 0.119. The third kappa shape index (κ3) is 6.29. The molecule has 1 atom stereocenters. The molecule has 20 heavy (non-hydrogen) atoms. The zero-order valence-corrected chi connectivity index (χ0v) is 13.2. The number of nitrogens with two attached hydrogens (primary N) is 1. The summed E-state index contributed by atoms with van der Waals surface area (Å²) in [5.74, 6) is 1.80. The summed E-state index contributed by atoms with van der Waals surface area (Å²) in [5, 5.41) is 0. The van der Waals surface area contributed by atoms with E-state index in [1.807, 2.05) is 25.1 Å². The second-order valence-corrected chi connectivity index (χ2v) is 5.42. The molecule has 1 unspecified atom stereocenters. The van der Waals surface area contributed by atoms with E-state index in [4.69, 9.17) is 15.2 Å². The maximum absolute atomic E-state index is 5.91. The first-order chi connectivity index (χ1) is 9.67. The molecule has 3 heteroatoms. The fourth-order valence-corrected chi connectivity index (χ4v) is 2.22. The molecule has 0 aliphatic heterocycles. The molecular formula is C17H29NO2. The molecule has 2 N–H and O–H groups in total. The van der Waals surface area contributed by atoms with Crippen LogP contribution in [0.4, 0.5) is 0 Å². The molecule has 0 amide bonds. The van der Waals surface area contributed by atoms with E-state index in [0.717, 1.165) is 36.5 Å². The molecule has 1 rings (SSSR count). The van der Waals surface area contributed by atoms with E-state index in [2.05, 4.69) is 6.92 Å². The van der Waals surface area contributed by atoms with Gasteiger partial charge in [-0.2, -0.15) is 0 Å². The Morgan fingerprint density at radius 1 is 1.15 bits per heavy atom. The minimum absolute atomic E-state index is 0.119. The molecule has 1 aromatic rings. The van der Waals surface area contributed by atoms with Gasteiger partial charge in [-0.1, -0.05) is 32.6 Å². The highest BCUT2D eigenvalue weighted by Crippen LogP contribution is 2.25. The van der Waals surface area contributed by atoms with E-state index in [1.165, 1.54) is 25.7 Å². The molecule has 114 valence electrons. The summed E-state index contributed by atoms with van der Waals surface area (Å²) in [5.41, 5.74) is 7.03. The lowest BCUT2D eigenvalue weighted by Gasteiger charge is -2.14. The molecule has 0 aliphatic rings. The first-order valence-electron chi connectivity index (χ1n) is 7.72. The quantitative estimate of drug-likeness (QED) is 0.660. The normalized spacial score (nSPS) is 12.2. The Labute approximate surface area is 123 Å². The van der Waals surface area contributed by atoms with Gasteiger partial charge in [-0.15, -0.1) is 0 Å². The Balaban J connectivity index is 2.50. The number of methoxy groups -OCH3 is 1. The highest BCUT2D eigenvalue weighted by Gasteiger charge is 2.08. The molecule has 0 radical (unpaired) electrons. The van der Waals surface area contributed by atoms with E-state index in [9.17, 15) is 0 Å². The van der Waals surface area contributed by atoms with Gasteiger partial charge >= 0.3 is 0 Å². The van der Waals surface area contributed by atoms with Crippen molar-refractivity contribution in [1.82, 2.24) is 0 Å². The summed E-state index contributed by atoms with van der Waals surface area (Å²) >= 11 is 0. The number of rotatable bonds is 10. The third-order valence-corrected chi connectivity index (χ3v) is 3.31. The van der Waals surface area contributed by atoms with Crippen molar-refractivity contribution in [3.8, 4) is 11.5 Å². The fraction of sp³-hybridized carbons (Fsp3) is 0.647. The lowest BCUT2D eigenvalue weighted by atomic mass is 10.1. The topological polar surface area (TPSA) is 44.5 Å². The SMILES string of the molecule is CCCCCCCOc1ccc(OC)cc1CC(C)N. The van der Waals surface area contributed by atoms with Crippen molar-refractivity contribution in [3.05, 3.63) is 23.8 Å². The molecule has 0 spiro atoms. The van der Waals surface area contributed by atoms with Gasteiger partial charge in [0.1, 0.15) is 11.5 Å². The number of unbranched alkanes of at least 4 members (excludes halogenated alkanes) is 4. The van der Waals surface area contributed by atoms with Crippen molar-refractivity contribution in [2.75, 3.05) is 13.7 Å². The Morgan fingerprint density at radius 2 is 1.90 bits per heavy atom. The molecule has 0 aliphatic carbocycles. The Hall–Kier alpha value is -1.22. The van der Waals surface area contributed by atoms with Crippen LogP contribution in [0.25, 0.3) is 0 Å². The van der Waals surface area contributed by atoms with Gasteiger partial charge in [0.15, 0.2) is 0 Å². The van der Waals surface area contributed by atoms with Gasteiger partial charge in [0.05, 0.1) is 13.7 Å². The largest absolute Gasteiger partial charge is 0.497 e. The minimum Gasteiger partial charge on any atom is -0.497 e. The van der Waals surface area contributed by atoms with Gasteiger partial charge in [0.2, 0.25) is 0 Å². The Bertz CT molecular complexity index is 377. The van der Waals surface area contributed by atoms with Crippen molar-refractivity contribution in [2.24, 2.45) is 5.73 Å². The van der Waals surface area contributed by atoms with Crippen LogP contribution in [0.2, 0.25) is 0 Å². The van der Waals surface area contributed by atoms with Crippen molar-refractivity contribution in [2.45, 2.75) is 58.4 Å². The number of hydrogen-bond donors (Lipinski definition) is 1. The maximum Gasteiger partial charge on any atom is 0.122 e. The highest BCUT2D eigenvalue weighted by atomic mass is 16.5.